The summed E-state index contributed by atoms with van der Waals surface area (Å²) in [5.74, 6) is -1.56. The van der Waals surface area contributed by atoms with E-state index in [-0.39, 0.29) is 24.2 Å². The fraction of sp³-hybridized carbons (Fsp3) is 0.167. The van der Waals surface area contributed by atoms with Gasteiger partial charge in [0.1, 0.15) is 11.6 Å². The van der Waals surface area contributed by atoms with E-state index in [0.717, 1.165) is 18.2 Å². The fourth-order valence-corrected chi connectivity index (χ4v) is 2.60. The monoisotopic (exact) mass is 368 g/mol. The van der Waals surface area contributed by atoms with E-state index in [9.17, 15) is 22.0 Å². The van der Waals surface area contributed by atoms with E-state index in [2.05, 4.69) is 5.10 Å². The van der Waals surface area contributed by atoms with Crippen molar-refractivity contribution in [2.45, 2.75) is 12.7 Å². The SMILES string of the molecule is OCC=Cc1nn(Cc2ccc(F)cc2F)c2cc(C(F)(F)F)ccc12. The van der Waals surface area contributed by atoms with Gasteiger partial charge >= 0.3 is 6.18 Å². The van der Waals surface area contributed by atoms with Crippen LogP contribution >= 0.6 is 0 Å². The molecule has 0 amide bonds. The molecule has 1 aromatic heterocycles. The average molecular weight is 368 g/mol. The maximum Gasteiger partial charge on any atom is 0.416 e. The number of fused-ring (bicyclic) bond motifs is 1. The van der Waals surface area contributed by atoms with E-state index in [1.807, 2.05) is 0 Å². The fourth-order valence-electron chi connectivity index (χ4n) is 2.60. The minimum absolute atomic E-state index is 0.0888. The van der Waals surface area contributed by atoms with Crippen LogP contribution in [0.15, 0.2) is 42.5 Å². The largest absolute Gasteiger partial charge is 0.416 e. The number of hydrogen-bond donors (Lipinski definition) is 1. The summed E-state index contributed by atoms with van der Waals surface area (Å²) < 4.78 is 67.2. The van der Waals surface area contributed by atoms with Gasteiger partial charge in [-0.05, 0) is 30.3 Å². The first kappa shape index (κ1) is 18.1. The molecular weight excluding hydrogens is 355 g/mol. The van der Waals surface area contributed by atoms with Gasteiger partial charge < -0.3 is 5.11 Å². The van der Waals surface area contributed by atoms with Gasteiger partial charge in [-0.2, -0.15) is 18.3 Å². The van der Waals surface area contributed by atoms with Crippen LogP contribution in [0.3, 0.4) is 0 Å². The number of alkyl halides is 3. The summed E-state index contributed by atoms with van der Waals surface area (Å²) in [5, 5.41) is 13.5. The summed E-state index contributed by atoms with van der Waals surface area (Å²) in [7, 11) is 0. The second-order valence-electron chi connectivity index (χ2n) is 5.59. The third-order valence-corrected chi connectivity index (χ3v) is 3.82. The lowest BCUT2D eigenvalue weighted by Crippen LogP contribution is -2.07. The van der Waals surface area contributed by atoms with Crippen molar-refractivity contribution >= 4 is 17.0 Å². The molecule has 3 nitrogen and oxygen atoms in total. The van der Waals surface area contributed by atoms with Crippen LogP contribution in [0.1, 0.15) is 16.8 Å². The Morgan fingerprint density at radius 2 is 1.85 bits per heavy atom. The molecule has 0 atom stereocenters. The molecule has 0 saturated carbocycles. The molecule has 2 aromatic carbocycles. The van der Waals surface area contributed by atoms with E-state index in [0.29, 0.717) is 17.1 Å². The summed E-state index contributed by atoms with van der Waals surface area (Å²) in [4.78, 5) is 0. The maximum absolute atomic E-state index is 13.9. The van der Waals surface area contributed by atoms with E-state index in [4.69, 9.17) is 5.11 Å². The van der Waals surface area contributed by atoms with Gasteiger partial charge in [0.15, 0.2) is 0 Å². The Labute approximate surface area is 145 Å². The molecule has 0 fully saturated rings. The number of aliphatic hydroxyl groups is 1. The van der Waals surface area contributed by atoms with Crippen molar-refractivity contribution in [1.29, 1.82) is 0 Å². The predicted molar refractivity (Wildman–Crippen MR) is 86.3 cm³/mol. The minimum Gasteiger partial charge on any atom is -0.392 e. The lowest BCUT2D eigenvalue weighted by atomic mass is 10.1. The Morgan fingerprint density at radius 3 is 2.50 bits per heavy atom. The molecule has 0 radical (unpaired) electrons. The van der Waals surface area contributed by atoms with E-state index in [1.54, 1.807) is 0 Å². The van der Waals surface area contributed by atoms with Crippen LogP contribution in [0.5, 0.6) is 0 Å². The second kappa shape index (κ2) is 6.87. The highest BCUT2D eigenvalue weighted by Crippen LogP contribution is 2.32. The smallest absolute Gasteiger partial charge is 0.392 e. The highest BCUT2D eigenvalue weighted by Gasteiger charge is 2.31. The number of aliphatic hydroxyl groups excluding tert-OH is 1. The Bertz CT molecular complexity index is 976. The zero-order chi connectivity index (χ0) is 18.9. The summed E-state index contributed by atoms with van der Waals surface area (Å²) in [6.07, 6.45) is -1.68. The normalized spacial score (nSPS) is 12.4. The molecule has 0 spiro atoms. The number of halogens is 5. The molecule has 3 rings (SSSR count). The lowest BCUT2D eigenvalue weighted by molar-refractivity contribution is -0.137. The first-order chi connectivity index (χ1) is 12.3. The number of hydrogen-bond acceptors (Lipinski definition) is 2. The molecule has 8 heteroatoms. The third-order valence-electron chi connectivity index (χ3n) is 3.82. The average Bonchev–Trinajstić information content (AvgIpc) is 2.92. The predicted octanol–water partition coefficient (Wildman–Crippen LogP) is 4.39. The molecule has 0 aliphatic carbocycles. The zero-order valence-corrected chi connectivity index (χ0v) is 13.3. The van der Waals surface area contributed by atoms with Gasteiger partial charge in [-0.15, -0.1) is 0 Å². The summed E-state index contributed by atoms with van der Waals surface area (Å²) >= 11 is 0. The lowest BCUT2D eigenvalue weighted by Gasteiger charge is -2.08. The molecule has 1 N–H and O–H groups in total. The van der Waals surface area contributed by atoms with E-state index >= 15 is 0 Å². The number of benzene rings is 2. The van der Waals surface area contributed by atoms with Crippen LogP contribution in [0.25, 0.3) is 17.0 Å². The minimum atomic E-state index is -4.54. The summed E-state index contributed by atoms with van der Waals surface area (Å²) in [5.41, 5.74) is -0.277. The van der Waals surface area contributed by atoms with Gasteiger partial charge in [-0.3, -0.25) is 4.68 Å². The molecule has 0 aliphatic heterocycles. The molecule has 3 aromatic rings. The molecule has 0 aliphatic rings. The van der Waals surface area contributed by atoms with E-state index in [1.165, 1.54) is 29.0 Å². The number of rotatable bonds is 4. The molecule has 0 unspecified atom stereocenters. The van der Waals surface area contributed by atoms with Crippen LogP contribution in [0, 0.1) is 11.6 Å². The Balaban J connectivity index is 2.14. The number of aromatic nitrogens is 2. The summed E-state index contributed by atoms with van der Waals surface area (Å²) in [6, 6.07) is 6.13. The van der Waals surface area contributed by atoms with Gasteiger partial charge in [0.05, 0.1) is 29.9 Å². The van der Waals surface area contributed by atoms with Crippen molar-refractivity contribution < 1.29 is 27.1 Å². The quantitative estimate of drug-likeness (QED) is 0.694. The van der Waals surface area contributed by atoms with Crippen molar-refractivity contribution in [2.75, 3.05) is 6.61 Å². The van der Waals surface area contributed by atoms with Crippen molar-refractivity contribution in [3.8, 4) is 0 Å². The standard InChI is InChI=1S/C18H13F5N2O/c19-13-5-3-11(15(20)9-13)10-25-17-8-12(18(21,22)23)4-6-14(17)16(24-25)2-1-7-26/h1-6,8-9,26H,7,10H2. The van der Waals surface area contributed by atoms with Gasteiger partial charge in [0.2, 0.25) is 0 Å². The van der Waals surface area contributed by atoms with Crippen LogP contribution in [0.4, 0.5) is 22.0 Å². The van der Waals surface area contributed by atoms with Gasteiger partial charge in [-0.1, -0.05) is 12.1 Å². The van der Waals surface area contributed by atoms with E-state index < -0.39 is 23.4 Å². The Hall–Kier alpha value is -2.74. The Morgan fingerprint density at radius 1 is 1.08 bits per heavy atom. The topological polar surface area (TPSA) is 38.1 Å². The first-order valence-corrected chi connectivity index (χ1v) is 7.58. The van der Waals surface area contributed by atoms with Gasteiger partial charge in [-0.25, -0.2) is 8.78 Å². The summed E-state index contributed by atoms with van der Waals surface area (Å²) in [6.45, 7) is -0.432. The highest BCUT2D eigenvalue weighted by atomic mass is 19.4. The van der Waals surface area contributed by atoms with Crippen molar-refractivity contribution in [2.24, 2.45) is 0 Å². The molecule has 0 bridgehead atoms. The molecular formula is C18H13F5N2O. The highest BCUT2D eigenvalue weighted by molar-refractivity contribution is 5.88. The van der Waals surface area contributed by atoms with Gasteiger partial charge in [0, 0.05) is 17.0 Å². The van der Waals surface area contributed by atoms with Gasteiger partial charge in [0.25, 0.3) is 0 Å². The van der Waals surface area contributed by atoms with Crippen molar-refractivity contribution in [3.63, 3.8) is 0 Å². The zero-order valence-electron chi connectivity index (χ0n) is 13.3. The van der Waals surface area contributed by atoms with Crippen LogP contribution in [-0.2, 0) is 12.7 Å². The van der Waals surface area contributed by atoms with Crippen molar-refractivity contribution in [1.82, 2.24) is 9.78 Å². The Kier molecular flexibility index (Phi) is 4.78. The molecule has 0 saturated heterocycles. The number of nitrogens with zero attached hydrogens (tertiary/aromatic N) is 2. The van der Waals surface area contributed by atoms with Crippen molar-refractivity contribution in [3.05, 3.63) is 70.9 Å². The van der Waals surface area contributed by atoms with Crippen LogP contribution < -0.4 is 0 Å². The van der Waals surface area contributed by atoms with Crippen LogP contribution in [-0.4, -0.2) is 21.5 Å². The second-order valence-corrected chi connectivity index (χ2v) is 5.59. The molecule has 1 heterocycles. The molecule has 26 heavy (non-hydrogen) atoms. The third kappa shape index (κ3) is 3.60. The first-order valence-electron chi connectivity index (χ1n) is 7.58. The molecule has 136 valence electrons. The maximum atomic E-state index is 13.9. The van der Waals surface area contributed by atoms with Crippen LogP contribution in [0.2, 0.25) is 0 Å².